The first-order valence-electron chi connectivity index (χ1n) is 4.83. The number of rotatable bonds is 2. The third-order valence-electron chi connectivity index (χ3n) is 2.24. The third-order valence-corrected chi connectivity index (χ3v) is 2.24. The van der Waals surface area contributed by atoms with E-state index in [2.05, 4.69) is 4.99 Å². The Labute approximate surface area is 96.2 Å². The zero-order chi connectivity index (χ0) is 12.3. The first kappa shape index (κ1) is 11.2. The highest BCUT2D eigenvalue weighted by molar-refractivity contribution is 5.66. The number of halogens is 2. The number of aliphatic imine (C=N–C) groups is 1. The van der Waals surface area contributed by atoms with Crippen molar-refractivity contribution < 1.29 is 13.6 Å². The van der Waals surface area contributed by atoms with E-state index in [9.17, 15) is 13.6 Å². The molecular weight excluding hydrogens is 224 g/mol. The fourth-order valence-electron chi connectivity index (χ4n) is 1.50. The van der Waals surface area contributed by atoms with Crippen molar-refractivity contribution in [2.24, 2.45) is 4.99 Å². The van der Waals surface area contributed by atoms with Crippen LogP contribution in [-0.2, 0) is 4.79 Å². The number of carbonyl (C=O) groups excluding carboxylic acids is 1. The van der Waals surface area contributed by atoms with Crippen LogP contribution in [0.3, 0.4) is 0 Å². The third kappa shape index (κ3) is 2.62. The second kappa shape index (κ2) is 4.68. The van der Waals surface area contributed by atoms with Gasteiger partial charge in [-0.05, 0) is 35.4 Å². The summed E-state index contributed by atoms with van der Waals surface area (Å²) < 4.78 is 26.0. The highest BCUT2D eigenvalue weighted by atomic mass is 19.1. The van der Waals surface area contributed by atoms with E-state index in [1.54, 1.807) is 24.3 Å². The monoisotopic (exact) mass is 231 g/mol. The van der Waals surface area contributed by atoms with Crippen LogP contribution in [0.15, 0.2) is 47.5 Å². The van der Waals surface area contributed by atoms with Crippen molar-refractivity contribution in [2.45, 2.75) is 0 Å². The predicted octanol–water partition coefficient (Wildman–Crippen LogP) is 3.60. The molecule has 0 bridgehead atoms. The molecular formula is C13H7F2NO. The topological polar surface area (TPSA) is 29.4 Å². The van der Waals surface area contributed by atoms with Gasteiger partial charge in [0.05, 0.1) is 5.69 Å². The van der Waals surface area contributed by atoms with E-state index in [1.807, 2.05) is 0 Å². The molecule has 0 aliphatic carbocycles. The predicted molar refractivity (Wildman–Crippen MR) is 59.6 cm³/mol. The maximum absolute atomic E-state index is 13.0. The maximum Gasteiger partial charge on any atom is 0.240 e. The summed E-state index contributed by atoms with van der Waals surface area (Å²) in [5.74, 6) is -1.26. The van der Waals surface area contributed by atoms with Crippen molar-refractivity contribution in [3.05, 3.63) is 54.1 Å². The molecule has 0 atom stereocenters. The summed E-state index contributed by atoms with van der Waals surface area (Å²) in [6.45, 7) is 0. The average Bonchev–Trinajstić information content (AvgIpc) is 2.29. The van der Waals surface area contributed by atoms with Crippen LogP contribution >= 0.6 is 0 Å². The fraction of sp³-hybridized carbons (Fsp3) is 0. The molecule has 0 saturated carbocycles. The summed E-state index contributed by atoms with van der Waals surface area (Å²) in [5.41, 5.74) is 1.53. The molecule has 2 rings (SSSR count). The van der Waals surface area contributed by atoms with Gasteiger partial charge in [0.2, 0.25) is 6.08 Å². The summed E-state index contributed by atoms with van der Waals surface area (Å²) in [4.78, 5) is 13.5. The van der Waals surface area contributed by atoms with E-state index < -0.39 is 11.6 Å². The molecule has 0 radical (unpaired) electrons. The van der Waals surface area contributed by atoms with Crippen LogP contribution in [0.5, 0.6) is 0 Å². The van der Waals surface area contributed by atoms with Crippen LogP contribution in [0.4, 0.5) is 14.5 Å². The van der Waals surface area contributed by atoms with Crippen LogP contribution in [0.25, 0.3) is 11.1 Å². The molecule has 0 N–H and O–H groups in total. The molecule has 0 aliphatic rings. The minimum absolute atomic E-state index is 0.434. The zero-order valence-electron chi connectivity index (χ0n) is 8.65. The Bertz CT molecular complexity index is 567. The van der Waals surface area contributed by atoms with Gasteiger partial charge in [0, 0.05) is 6.07 Å². The Morgan fingerprint density at radius 3 is 2.00 bits per heavy atom. The maximum atomic E-state index is 13.0. The quantitative estimate of drug-likeness (QED) is 0.573. The van der Waals surface area contributed by atoms with Crippen LogP contribution in [0.1, 0.15) is 0 Å². The Morgan fingerprint density at radius 2 is 1.47 bits per heavy atom. The van der Waals surface area contributed by atoms with Crippen molar-refractivity contribution in [1.29, 1.82) is 0 Å². The minimum Gasteiger partial charge on any atom is -0.211 e. The molecule has 0 spiro atoms. The summed E-state index contributed by atoms with van der Waals surface area (Å²) in [6, 6.07) is 9.69. The van der Waals surface area contributed by atoms with Crippen molar-refractivity contribution in [3.63, 3.8) is 0 Å². The highest BCUT2D eigenvalue weighted by Gasteiger charge is 2.03. The van der Waals surface area contributed by atoms with E-state index >= 15 is 0 Å². The first-order valence-corrected chi connectivity index (χ1v) is 4.83. The summed E-state index contributed by atoms with van der Waals surface area (Å²) in [7, 11) is 0. The second-order valence-corrected chi connectivity index (χ2v) is 3.41. The summed E-state index contributed by atoms with van der Waals surface area (Å²) in [6.07, 6.45) is 1.42. The molecule has 4 heteroatoms. The molecule has 2 nitrogen and oxygen atoms in total. The van der Waals surface area contributed by atoms with E-state index in [1.165, 1.54) is 18.2 Å². The standard InChI is InChI=1S/C13H7F2NO/c14-11-5-10(6-12(15)7-11)9-1-3-13(4-2-9)16-8-17/h1-7H. The van der Waals surface area contributed by atoms with Gasteiger partial charge < -0.3 is 0 Å². The lowest BCUT2D eigenvalue weighted by Crippen LogP contribution is -1.83. The molecule has 2 aromatic carbocycles. The van der Waals surface area contributed by atoms with Gasteiger partial charge >= 0.3 is 0 Å². The zero-order valence-corrected chi connectivity index (χ0v) is 8.65. The summed E-state index contributed by atoms with van der Waals surface area (Å²) >= 11 is 0. The normalized spacial score (nSPS) is 9.76. The Kier molecular flexibility index (Phi) is 3.08. The van der Waals surface area contributed by atoms with Crippen LogP contribution in [-0.4, -0.2) is 6.08 Å². The molecule has 0 aliphatic heterocycles. The van der Waals surface area contributed by atoms with E-state index in [0.29, 0.717) is 16.8 Å². The fourth-order valence-corrected chi connectivity index (χ4v) is 1.50. The molecule has 0 heterocycles. The van der Waals surface area contributed by atoms with Gasteiger partial charge in [-0.2, -0.15) is 4.99 Å². The van der Waals surface area contributed by atoms with Gasteiger partial charge in [0.1, 0.15) is 11.6 Å². The van der Waals surface area contributed by atoms with Gasteiger partial charge in [-0.3, -0.25) is 0 Å². The van der Waals surface area contributed by atoms with E-state index in [4.69, 9.17) is 0 Å². The Hall–Kier alpha value is -2.32. The number of nitrogens with zero attached hydrogens (tertiary/aromatic N) is 1. The molecule has 2 aromatic rings. The van der Waals surface area contributed by atoms with Crippen molar-refractivity contribution in [3.8, 4) is 11.1 Å². The lowest BCUT2D eigenvalue weighted by atomic mass is 10.1. The van der Waals surface area contributed by atoms with Gasteiger partial charge in [-0.15, -0.1) is 0 Å². The molecule has 0 amide bonds. The minimum atomic E-state index is -0.630. The number of isocyanates is 1. The van der Waals surface area contributed by atoms with Crippen LogP contribution in [0, 0.1) is 11.6 Å². The lowest BCUT2D eigenvalue weighted by Gasteiger charge is -2.02. The smallest absolute Gasteiger partial charge is 0.211 e. The van der Waals surface area contributed by atoms with Crippen molar-refractivity contribution in [1.82, 2.24) is 0 Å². The lowest BCUT2D eigenvalue weighted by molar-refractivity contribution is 0.565. The molecule has 0 saturated heterocycles. The highest BCUT2D eigenvalue weighted by Crippen LogP contribution is 2.24. The molecule has 0 aromatic heterocycles. The van der Waals surface area contributed by atoms with Gasteiger partial charge in [0.25, 0.3) is 0 Å². The van der Waals surface area contributed by atoms with Gasteiger partial charge in [0.15, 0.2) is 0 Å². The number of hydrogen-bond donors (Lipinski definition) is 0. The van der Waals surface area contributed by atoms with Crippen LogP contribution < -0.4 is 0 Å². The first-order chi connectivity index (χ1) is 8.19. The van der Waals surface area contributed by atoms with E-state index in [0.717, 1.165) is 6.07 Å². The van der Waals surface area contributed by atoms with E-state index in [-0.39, 0.29) is 0 Å². The Morgan fingerprint density at radius 1 is 0.882 bits per heavy atom. The molecule has 84 valence electrons. The molecule has 0 unspecified atom stereocenters. The van der Waals surface area contributed by atoms with Gasteiger partial charge in [-0.25, -0.2) is 13.6 Å². The second-order valence-electron chi connectivity index (χ2n) is 3.41. The SMILES string of the molecule is O=C=Nc1ccc(-c2cc(F)cc(F)c2)cc1. The largest absolute Gasteiger partial charge is 0.240 e. The summed E-state index contributed by atoms with van der Waals surface area (Å²) in [5, 5.41) is 0. The molecule has 0 fully saturated rings. The van der Waals surface area contributed by atoms with Crippen LogP contribution in [0.2, 0.25) is 0 Å². The number of hydrogen-bond acceptors (Lipinski definition) is 2. The van der Waals surface area contributed by atoms with Crippen molar-refractivity contribution >= 4 is 11.8 Å². The number of benzene rings is 2. The Balaban J connectivity index is 2.42. The molecule has 17 heavy (non-hydrogen) atoms. The van der Waals surface area contributed by atoms with Crippen molar-refractivity contribution in [2.75, 3.05) is 0 Å². The van der Waals surface area contributed by atoms with Gasteiger partial charge in [-0.1, -0.05) is 12.1 Å². The average molecular weight is 231 g/mol.